The number of likely N-dealkylation sites (N-methyl/N-ethyl adjacent to an activating group) is 1. The van der Waals surface area contributed by atoms with Crippen molar-refractivity contribution in [3.05, 3.63) is 12.7 Å². The Morgan fingerprint density at radius 1 is 1.18 bits per heavy atom. The van der Waals surface area contributed by atoms with Crippen molar-refractivity contribution < 1.29 is 65.8 Å². The number of fused-ring (bicyclic) bond motifs is 1. The standard InChI is InChI=1S/C15H26N7O14P3/c1-17-2-3-18-9(23)5-32-12-11(24)8(4-33-38(28,29)36-39(30,31)35-37(25,26)27)34-15(12)22-7-21-10-13(16)19-6-20-14(10)22/h6-8,11-12,15,17,24H,2-5H2,1H3,(H,18,23)(H,28,29)(H,30,31)(H2,16,19,20)(H2,25,26,27)/p-3/t8-,11+,12?,15-/m1/s1. The lowest BCUT2D eigenvalue weighted by molar-refractivity contribution is -0.250. The number of anilines is 1. The molecule has 1 aliphatic heterocycles. The molecule has 2 aromatic rings. The van der Waals surface area contributed by atoms with E-state index in [9.17, 15) is 38.3 Å². The number of nitrogens with one attached hydrogen (secondary N) is 2. The van der Waals surface area contributed by atoms with E-state index in [1.807, 2.05) is 0 Å². The molecule has 0 aliphatic carbocycles. The second-order valence-electron chi connectivity index (χ2n) is 7.69. The van der Waals surface area contributed by atoms with Gasteiger partial charge in [0.15, 0.2) is 17.7 Å². The lowest BCUT2D eigenvalue weighted by Gasteiger charge is -2.33. The third-order valence-electron chi connectivity index (χ3n) is 4.88. The smallest absolute Gasteiger partial charge is 0.280 e. The van der Waals surface area contributed by atoms with E-state index in [4.69, 9.17) is 20.1 Å². The van der Waals surface area contributed by atoms with Crippen LogP contribution in [0.15, 0.2) is 12.7 Å². The fraction of sp³-hybridized carbons (Fsp3) is 0.600. The quantitative estimate of drug-likeness (QED) is 0.0990. The van der Waals surface area contributed by atoms with Crippen molar-refractivity contribution >= 4 is 46.4 Å². The number of phosphoric ester groups is 1. The molecule has 0 bridgehead atoms. The number of phosphoric acid groups is 3. The number of imidazole rings is 1. The van der Waals surface area contributed by atoms with Crippen LogP contribution in [0.4, 0.5) is 5.82 Å². The number of ether oxygens (including phenoxy) is 2. The molecule has 1 saturated heterocycles. The fourth-order valence-electron chi connectivity index (χ4n) is 3.32. The van der Waals surface area contributed by atoms with Crippen LogP contribution in [0.5, 0.6) is 0 Å². The van der Waals surface area contributed by atoms with E-state index in [1.54, 1.807) is 7.05 Å². The van der Waals surface area contributed by atoms with Gasteiger partial charge in [-0.25, -0.2) is 23.6 Å². The molecule has 3 heterocycles. The van der Waals surface area contributed by atoms with E-state index in [-0.39, 0.29) is 23.5 Å². The van der Waals surface area contributed by atoms with Gasteiger partial charge in [-0.2, -0.15) is 0 Å². The summed E-state index contributed by atoms with van der Waals surface area (Å²) in [5, 5.41) is 16.2. The number of hydrogen-bond acceptors (Lipinski definition) is 18. The normalized spacial score (nSPS) is 26.1. The molecule has 220 valence electrons. The van der Waals surface area contributed by atoms with Gasteiger partial charge in [0.05, 0.1) is 12.9 Å². The maximum Gasteiger partial charge on any atom is 0.280 e. The lowest BCUT2D eigenvalue weighted by Crippen LogP contribution is -2.39. The van der Waals surface area contributed by atoms with Gasteiger partial charge in [0, 0.05) is 13.1 Å². The topological polar surface area (TPSA) is 318 Å². The Labute approximate surface area is 219 Å². The van der Waals surface area contributed by atoms with Gasteiger partial charge < -0.3 is 55.0 Å². The van der Waals surface area contributed by atoms with E-state index in [0.29, 0.717) is 6.54 Å². The zero-order valence-electron chi connectivity index (χ0n) is 19.8. The van der Waals surface area contributed by atoms with Crippen LogP contribution in [0, 0.1) is 0 Å². The fourth-order valence-corrected chi connectivity index (χ4v) is 6.21. The number of nitrogen functional groups attached to an aromatic ring is 1. The number of carbonyl (C=O) groups excluding carboxylic acids is 1. The van der Waals surface area contributed by atoms with Crippen molar-refractivity contribution in [3.8, 4) is 0 Å². The van der Waals surface area contributed by atoms with Crippen molar-refractivity contribution in [1.29, 1.82) is 0 Å². The Balaban J connectivity index is 1.77. The molecular formula is C15H23N7O14P3-3. The van der Waals surface area contributed by atoms with Gasteiger partial charge in [-0.3, -0.25) is 23.1 Å². The molecule has 24 heteroatoms. The Morgan fingerprint density at radius 3 is 2.56 bits per heavy atom. The van der Waals surface area contributed by atoms with E-state index in [0.717, 1.165) is 6.33 Å². The highest BCUT2D eigenvalue weighted by Gasteiger charge is 2.47. The van der Waals surface area contributed by atoms with Crippen LogP contribution in [0.2, 0.25) is 0 Å². The third-order valence-corrected chi connectivity index (χ3v) is 8.57. The minimum atomic E-state index is -6.13. The highest BCUT2D eigenvalue weighted by molar-refractivity contribution is 7.65. The summed E-state index contributed by atoms with van der Waals surface area (Å²) in [6.07, 6.45) is -3.56. The maximum atomic E-state index is 12.1. The summed E-state index contributed by atoms with van der Waals surface area (Å²) in [5.41, 5.74) is 6.06. The minimum Gasteiger partial charge on any atom is -0.756 e. The largest absolute Gasteiger partial charge is 0.756 e. The molecule has 1 aliphatic rings. The van der Waals surface area contributed by atoms with Crippen LogP contribution in [0.25, 0.3) is 11.2 Å². The Kier molecular flexibility index (Phi) is 10.3. The summed E-state index contributed by atoms with van der Waals surface area (Å²) in [6, 6.07) is 0. The first kappa shape index (κ1) is 31.6. The van der Waals surface area contributed by atoms with Crippen LogP contribution in [-0.2, 0) is 41.1 Å². The average Bonchev–Trinajstić information content (AvgIpc) is 3.36. The molecule has 1 fully saturated rings. The number of aliphatic hydroxyl groups excluding tert-OH is 1. The molecule has 7 atom stereocenters. The molecule has 0 radical (unpaired) electrons. The van der Waals surface area contributed by atoms with E-state index in [2.05, 4.69) is 38.7 Å². The number of aromatic nitrogens is 4. The summed E-state index contributed by atoms with van der Waals surface area (Å²) in [5.74, 6) is -0.543. The van der Waals surface area contributed by atoms with Crippen molar-refractivity contribution in [1.82, 2.24) is 30.2 Å². The molecule has 0 aromatic carbocycles. The van der Waals surface area contributed by atoms with Crippen LogP contribution in [0.1, 0.15) is 6.23 Å². The number of nitrogens with two attached hydrogens (primary N) is 1. The first-order valence-corrected chi connectivity index (χ1v) is 15.1. The predicted octanol–water partition coefficient (Wildman–Crippen LogP) is -4.17. The summed E-state index contributed by atoms with van der Waals surface area (Å²) >= 11 is 0. The highest BCUT2D eigenvalue weighted by atomic mass is 31.3. The summed E-state index contributed by atoms with van der Waals surface area (Å²) in [6.45, 7) is -0.896. The maximum absolute atomic E-state index is 12.1. The van der Waals surface area contributed by atoms with Crippen LogP contribution < -0.4 is 31.0 Å². The molecule has 0 saturated carbocycles. The zero-order chi connectivity index (χ0) is 29.0. The Bertz CT molecular complexity index is 1310. The molecule has 1 amide bonds. The molecule has 39 heavy (non-hydrogen) atoms. The molecule has 2 aromatic heterocycles. The average molecular weight is 618 g/mol. The number of carbonyl (C=O) groups is 1. The van der Waals surface area contributed by atoms with Gasteiger partial charge in [-0.15, -0.1) is 0 Å². The second kappa shape index (κ2) is 12.7. The van der Waals surface area contributed by atoms with Crippen molar-refractivity contribution in [3.63, 3.8) is 0 Å². The second-order valence-corrected chi connectivity index (χ2v) is 12.0. The monoisotopic (exact) mass is 618 g/mol. The molecule has 6 N–H and O–H groups in total. The number of amides is 1. The summed E-state index contributed by atoms with van der Waals surface area (Å²) in [4.78, 5) is 66.4. The van der Waals surface area contributed by atoms with E-state index >= 15 is 0 Å². The van der Waals surface area contributed by atoms with E-state index < -0.39 is 67.1 Å². The van der Waals surface area contributed by atoms with Crippen LogP contribution in [0.3, 0.4) is 0 Å². The van der Waals surface area contributed by atoms with Gasteiger partial charge in [0.1, 0.15) is 36.8 Å². The first-order chi connectivity index (χ1) is 18.1. The number of hydrogen-bond donors (Lipinski definition) is 5. The SMILES string of the molecule is CNCCNC(=O)COC1[C@@H](O)[C@@H](COP(=O)([O-])OP(=O)([O-])OP(=O)([O-])O)O[C@H]1n1cnc2c(N)ncnc21. The Hall–Kier alpha value is -1.93. The number of rotatable bonds is 14. The van der Waals surface area contributed by atoms with Gasteiger partial charge in [0.25, 0.3) is 23.5 Å². The van der Waals surface area contributed by atoms with Crippen molar-refractivity contribution in [2.24, 2.45) is 0 Å². The molecular weight excluding hydrogens is 595 g/mol. The zero-order valence-corrected chi connectivity index (χ0v) is 22.5. The highest BCUT2D eigenvalue weighted by Crippen LogP contribution is 2.61. The van der Waals surface area contributed by atoms with Gasteiger partial charge >= 0.3 is 0 Å². The third kappa shape index (κ3) is 8.78. The summed E-state index contributed by atoms with van der Waals surface area (Å²) < 4.78 is 57.5. The Morgan fingerprint density at radius 2 is 1.90 bits per heavy atom. The first-order valence-electron chi connectivity index (χ1n) is 10.6. The van der Waals surface area contributed by atoms with Crippen LogP contribution in [-0.4, -0.2) is 87.1 Å². The minimum absolute atomic E-state index is 0.0118. The van der Waals surface area contributed by atoms with Crippen molar-refractivity contribution in [2.45, 2.75) is 24.5 Å². The molecule has 3 rings (SSSR count). The lowest BCUT2D eigenvalue weighted by atomic mass is 10.1. The molecule has 21 nitrogen and oxygen atoms in total. The van der Waals surface area contributed by atoms with Gasteiger partial charge in [0.2, 0.25) is 5.91 Å². The number of aliphatic hydroxyl groups is 1. The number of nitrogens with zero attached hydrogens (tertiary/aromatic N) is 4. The van der Waals surface area contributed by atoms with Crippen molar-refractivity contribution in [2.75, 3.05) is 39.1 Å². The molecule has 4 unspecified atom stereocenters. The van der Waals surface area contributed by atoms with Crippen LogP contribution >= 0.6 is 23.5 Å². The van der Waals surface area contributed by atoms with Gasteiger partial charge in [-0.05, 0) is 7.05 Å². The van der Waals surface area contributed by atoms with E-state index in [1.165, 1.54) is 10.9 Å². The predicted molar refractivity (Wildman–Crippen MR) is 119 cm³/mol. The summed E-state index contributed by atoms with van der Waals surface area (Å²) in [7, 11) is -16.2. The van der Waals surface area contributed by atoms with Gasteiger partial charge in [-0.1, -0.05) is 0 Å². The molecule has 0 spiro atoms.